The van der Waals surface area contributed by atoms with E-state index in [-0.39, 0.29) is 24.2 Å². The van der Waals surface area contributed by atoms with Gasteiger partial charge in [0.2, 0.25) is 0 Å². The van der Waals surface area contributed by atoms with Crippen LogP contribution < -0.4 is 9.47 Å². The summed E-state index contributed by atoms with van der Waals surface area (Å²) in [6.07, 6.45) is 13.4. The molecule has 6 rings (SSSR count). The number of carbonyl (C=O) groups excluding carboxylic acids is 1. The van der Waals surface area contributed by atoms with Gasteiger partial charge in [-0.1, -0.05) is 68.7 Å². The van der Waals surface area contributed by atoms with E-state index in [1.54, 1.807) is 0 Å². The highest BCUT2D eigenvalue weighted by Crippen LogP contribution is 2.66. The van der Waals surface area contributed by atoms with Crippen molar-refractivity contribution < 1.29 is 19.4 Å². The molecule has 1 spiro atoms. The normalized spacial score (nSPS) is 28.8. The minimum Gasteiger partial charge on any atom is -0.483 e. The minimum atomic E-state index is -0.892. The smallest absolute Gasteiger partial charge is 0.308 e. The highest BCUT2D eigenvalue weighted by molar-refractivity contribution is 5.72. The molecule has 232 valence electrons. The van der Waals surface area contributed by atoms with Gasteiger partial charge < -0.3 is 14.6 Å². The summed E-state index contributed by atoms with van der Waals surface area (Å²) in [5.74, 6) is 0.863. The SMILES string of the molecule is C=CCN1CC[C@]23c4c5ccc(OC(C)=O)c4O[C@H]2[C@H](N(CCCC)CCCCCCc2ccccc2)CC[C@@]3(O)[C@H]1C5. The summed E-state index contributed by atoms with van der Waals surface area (Å²) in [7, 11) is 0. The Kier molecular flexibility index (Phi) is 9.00. The molecule has 43 heavy (non-hydrogen) atoms. The van der Waals surface area contributed by atoms with E-state index in [0.29, 0.717) is 11.5 Å². The number of nitrogens with zero attached hydrogens (tertiary/aromatic N) is 2. The molecule has 2 aromatic rings. The molecule has 6 heteroatoms. The maximum Gasteiger partial charge on any atom is 0.308 e. The van der Waals surface area contributed by atoms with Crippen LogP contribution >= 0.6 is 0 Å². The molecule has 5 atom stereocenters. The van der Waals surface area contributed by atoms with Gasteiger partial charge in [-0.3, -0.25) is 14.6 Å². The number of hydrogen-bond acceptors (Lipinski definition) is 6. The first kappa shape index (κ1) is 30.4. The number of rotatable bonds is 14. The number of aryl methyl sites for hydroxylation is 1. The van der Waals surface area contributed by atoms with Crippen LogP contribution in [0.25, 0.3) is 0 Å². The molecule has 0 amide bonds. The average molecular weight is 587 g/mol. The topological polar surface area (TPSA) is 62.2 Å². The molecule has 0 aromatic heterocycles. The van der Waals surface area contributed by atoms with Crippen molar-refractivity contribution in [2.75, 3.05) is 26.2 Å². The molecule has 2 aliphatic carbocycles. The molecule has 0 unspecified atom stereocenters. The number of esters is 1. The molecule has 4 aliphatic rings. The number of carbonyl (C=O) groups is 1. The molecule has 1 saturated heterocycles. The average Bonchev–Trinajstić information content (AvgIpc) is 3.35. The number of hydrogen-bond donors (Lipinski definition) is 1. The van der Waals surface area contributed by atoms with Gasteiger partial charge in [0.05, 0.1) is 11.0 Å². The fourth-order valence-electron chi connectivity index (χ4n) is 9.03. The number of piperidine rings is 1. The van der Waals surface area contributed by atoms with Crippen LogP contribution in [0.1, 0.15) is 88.3 Å². The second-order valence-corrected chi connectivity index (χ2v) is 13.4. The number of benzene rings is 2. The van der Waals surface area contributed by atoms with Crippen molar-refractivity contribution in [2.45, 2.75) is 114 Å². The van der Waals surface area contributed by atoms with E-state index in [1.807, 2.05) is 12.1 Å². The van der Waals surface area contributed by atoms with Gasteiger partial charge in [0.1, 0.15) is 6.10 Å². The van der Waals surface area contributed by atoms with E-state index in [0.717, 1.165) is 76.7 Å². The summed E-state index contributed by atoms with van der Waals surface area (Å²) in [5.41, 5.74) is 2.38. The van der Waals surface area contributed by atoms with Gasteiger partial charge in [0.25, 0.3) is 0 Å². The van der Waals surface area contributed by atoms with Crippen LogP contribution in [0.15, 0.2) is 55.1 Å². The lowest BCUT2D eigenvalue weighted by Crippen LogP contribution is -2.78. The lowest BCUT2D eigenvalue weighted by molar-refractivity contribution is -0.198. The fourth-order valence-corrected chi connectivity index (χ4v) is 9.03. The van der Waals surface area contributed by atoms with Gasteiger partial charge in [-0.15, -0.1) is 6.58 Å². The Hall–Kier alpha value is -2.67. The quantitative estimate of drug-likeness (QED) is 0.123. The second kappa shape index (κ2) is 12.7. The molecule has 1 N–H and O–H groups in total. The van der Waals surface area contributed by atoms with Crippen molar-refractivity contribution in [3.8, 4) is 11.5 Å². The summed E-state index contributed by atoms with van der Waals surface area (Å²) >= 11 is 0. The van der Waals surface area contributed by atoms with Crippen LogP contribution in [-0.2, 0) is 23.1 Å². The van der Waals surface area contributed by atoms with E-state index in [4.69, 9.17) is 9.47 Å². The molecule has 0 radical (unpaired) electrons. The second-order valence-electron chi connectivity index (χ2n) is 13.4. The van der Waals surface area contributed by atoms with Gasteiger partial charge in [-0.05, 0) is 88.2 Å². The number of likely N-dealkylation sites (tertiary alicyclic amines) is 1. The fraction of sp³-hybridized carbons (Fsp3) is 0.595. The van der Waals surface area contributed by atoms with Crippen molar-refractivity contribution in [1.82, 2.24) is 9.80 Å². The van der Waals surface area contributed by atoms with Crippen molar-refractivity contribution >= 4 is 5.97 Å². The van der Waals surface area contributed by atoms with Crippen molar-refractivity contribution in [3.63, 3.8) is 0 Å². The number of unbranched alkanes of at least 4 members (excludes halogenated alkanes) is 4. The van der Waals surface area contributed by atoms with Crippen molar-refractivity contribution in [3.05, 3.63) is 71.8 Å². The highest BCUT2D eigenvalue weighted by Gasteiger charge is 2.73. The third kappa shape index (κ3) is 5.34. The summed E-state index contributed by atoms with van der Waals surface area (Å²) < 4.78 is 12.7. The van der Waals surface area contributed by atoms with Crippen molar-refractivity contribution in [2.24, 2.45) is 0 Å². The number of ether oxygens (including phenoxy) is 2. The zero-order valence-corrected chi connectivity index (χ0v) is 26.2. The molecule has 2 fully saturated rings. The van der Waals surface area contributed by atoms with E-state index in [1.165, 1.54) is 43.7 Å². The van der Waals surface area contributed by atoms with E-state index < -0.39 is 11.0 Å². The molecule has 6 nitrogen and oxygen atoms in total. The first-order valence-electron chi connectivity index (χ1n) is 16.8. The molecule has 2 heterocycles. The third-order valence-corrected chi connectivity index (χ3v) is 10.9. The molecular weight excluding hydrogens is 536 g/mol. The summed E-state index contributed by atoms with van der Waals surface area (Å²) in [4.78, 5) is 17.2. The van der Waals surface area contributed by atoms with E-state index in [9.17, 15) is 9.90 Å². The lowest BCUT2D eigenvalue weighted by Gasteiger charge is -2.65. The van der Waals surface area contributed by atoms with Crippen LogP contribution in [0.5, 0.6) is 11.5 Å². The van der Waals surface area contributed by atoms with Crippen LogP contribution in [0.2, 0.25) is 0 Å². The van der Waals surface area contributed by atoms with Gasteiger partial charge >= 0.3 is 5.97 Å². The predicted octanol–water partition coefficient (Wildman–Crippen LogP) is 6.23. The summed E-state index contributed by atoms with van der Waals surface area (Å²) in [6.45, 7) is 11.5. The Balaban J connectivity index is 1.26. The predicted molar refractivity (Wildman–Crippen MR) is 171 cm³/mol. The number of aliphatic hydroxyl groups is 1. The Morgan fingerprint density at radius 3 is 2.67 bits per heavy atom. The van der Waals surface area contributed by atoms with E-state index in [2.05, 4.69) is 59.7 Å². The Morgan fingerprint density at radius 1 is 1.12 bits per heavy atom. The lowest BCUT2D eigenvalue weighted by atomic mass is 9.48. The van der Waals surface area contributed by atoms with Gasteiger partial charge in [0.15, 0.2) is 11.5 Å². The zero-order valence-electron chi connectivity index (χ0n) is 26.2. The third-order valence-electron chi connectivity index (χ3n) is 10.9. The summed E-state index contributed by atoms with van der Waals surface area (Å²) in [5, 5.41) is 12.8. The summed E-state index contributed by atoms with van der Waals surface area (Å²) in [6, 6.07) is 15.1. The maximum atomic E-state index is 12.8. The first-order chi connectivity index (χ1) is 20.9. The minimum absolute atomic E-state index is 0.0260. The van der Waals surface area contributed by atoms with Crippen LogP contribution in [0.4, 0.5) is 0 Å². The van der Waals surface area contributed by atoms with Gasteiger partial charge in [-0.25, -0.2) is 0 Å². The Morgan fingerprint density at radius 2 is 1.91 bits per heavy atom. The standard InChI is InChI=1S/C37H50N2O4/c1-4-6-23-38(24-13-8-7-10-14-28-15-11-9-12-16-28)30-19-20-37(41)32-26-29-17-18-31(42-27(3)40)34-33(29)36(37,35(30)43-34)21-25-39(32)22-5-2/h5,9,11-12,15-18,30,32,35,41H,2,4,6-8,10,13-14,19-26H2,1,3H3/t30-,32-,35+,36+,37-/m1/s1. The van der Waals surface area contributed by atoms with Gasteiger partial charge in [-0.2, -0.15) is 0 Å². The molecule has 2 bridgehead atoms. The van der Waals surface area contributed by atoms with Crippen LogP contribution in [0.3, 0.4) is 0 Å². The Labute approximate surface area is 258 Å². The monoisotopic (exact) mass is 586 g/mol. The molecule has 1 saturated carbocycles. The van der Waals surface area contributed by atoms with Crippen molar-refractivity contribution in [1.29, 1.82) is 0 Å². The molecule has 2 aromatic carbocycles. The molecule has 2 aliphatic heterocycles. The van der Waals surface area contributed by atoms with E-state index >= 15 is 0 Å². The molecular formula is C37H50N2O4. The zero-order chi connectivity index (χ0) is 30.0. The maximum absolute atomic E-state index is 12.8. The largest absolute Gasteiger partial charge is 0.483 e. The highest BCUT2D eigenvalue weighted by atomic mass is 16.6. The van der Waals surface area contributed by atoms with Crippen LogP contribution in [0, 0.1) is 0 Å². The van der Waals surface area contributed by atoms with Crippen LogP contribution in [-0.4, -0.2) is 70.8 Å². The Bertz CT molecular complexity index is 1300. The van der Waals surface area contributed by atoms with Gasteiger partial charge in [0, 0.05) is 31.1 Å². The first-order valence-corrected chi connectivity index (χ1v) is 16.8.